The van der Waals surface area contributed by atoms with E-state index in [1.165, 1.54) is 0 Å². The summed E-state index contributed by atoms with van der Waals surface area (Å²) in [5.41, 5.74) is 7.34. The first-order valence-electron chi connectivity index (χ1n) is 5.46. The molecule has 0 saturated heterocycles. The van der Waals surface area contributed by atoms with Crippen molar-refractivity contribution in [2.24, 2.45) is 5.73 Å². The van der Waals surface area contributed by atoms with Crippen LogP contribution in [0.15, 0.2) is 39.5 Å². The lowest BCUT2D eigenvalue weighted by molar-refractivity contribution is 0.432. The first-order chi connectivity index (χ1) is 8.31. The summed E-state index contributed by atoms with van der Waals surface area (Å²) in [5.74, 6) is 0.753. The highest BCUT2D eigenvalue weighted by Gasteiger charge is 2.10. The molecule has 2 rings (SSSR count). The Morgan fingerprint density at radius 1 is 1.41 bits per heavy atom. The van der Waals surface area contributed by atoms with E-state index in [4.69, 9.17) is 10.3 Å². The van der Waals surface area contributed by atoms with Gasteiger partial charge in [0.05, 0.1) is 6.20 Å². The summed E-state index contributed by atoms with van der Waals surface area (Å²) in [4.78, 5) is 0. The summed E-state index contributed by atoms with van der Waals surface area (Å²) in [7, 11) is 0. The smallest absolute Gasteiger partial charge is 0.189 e. The van der Waals surface area contributed by atoms with Crippen molar-refractivity contribution in [3.8, 4) is 11.3 Å². The lowest BCUT2D eigenvalue weighted by Crippen LogP contribution is -2.08. The van der Waals surface area contributed by atoms with Crippen molar-refractivity contribution in [1.29, 1.82) is 0 Å². The van der Waals surface area contributed by atoms with Crippen molar-refractivity contribution >= 4 is 21.6 Å². The van der Waals surface area contributed by atoms with Crippen LogP contribution in [0.4, 0.5) is 5.69 Å². The van der Waals surface area contributed by atoms with Gasteiger partial charge in [0.25, 0.3) is 0 Å². The second kappa shape index (κ2) is 5.84. The number of aromatic nitrogens is 1. The van der Waals surface area contributed by atoms with Gasteiger partial charge in [-0.3, -0.25) is 0 Å². The van der Waals surface area contributed by atoms with E-state index in [0.29, 0.717) is 6.54 Å². The summed E-state index contributed by atoms with van der Waals surface area (Å²) in [6.45, 7) is 1.49. The molecule has 1 aromatic carbocycles. The van der Waals surface area contributed by atoms with E-state index in [9.17, 15) is 0 Å². The Balaban J connectivity index is 2.18. The van der Waals surface area contributed by atoms with Crippen LogP contribution in [-0.2, 0) is 0 Å². The quantitative estimate of drug-likeness (QED) is 0.833. The van der Waals surface area contributed by atoms with E-state index in [-0.39, 0.29) is 0 Å². The van der Waals surface area contributed by atoms with Crippen LogP contribution < -0.4 is 11.1 Å². The monoisotopic (exact) mass is 295 g/mol. The maximum atomic E-state index is 5.45. The predicted molar refractivity (Wildman–Crippen MR) is 71.8 cm³/mol. The number of hydrogen-bond acceptors (Lipinski definition) is 4. The number of rotatable bonds is 5. The Morgan fingerprint density at radius 2 is 2.29 bits per heavy atom. The summed E-state index contributed by atoms with van der Waals surface area (Å²) in [5, 5.41) is 7.08. The number of benzene rings is 1. The Morgan fingerprint density at radius 3 is 3.06 bits per heavy atom. The average Bonchev–Trinajstić information content (AvgIpc) is 2.78. The summed E-state index contributed by atoms with van der Waals surface area (Å²) in [6, 6.07) is 7.92. The van der Waals surface area contributed by atoms with E-state index < -0.39 is 0 Å². The third kappa shape index (κ3) is 3.08. The molecule has 0 atom stereocenters. The molecular formula is C12H14BrN3O. The molecule has 0 aliphatic carbocycles. The van der Waals surface area contributed by atoms with Gasteiger partial charge in [0, 0.05) is 16.6 Å². The highest BCUT2D eigenvalue weighted by molar-refractivity contribution is 9.10. The van der Waals surface area contributed by atoms with Crippen molar-refractivity contribution < 1.29 is 4.52 Å². The molecule has 0 fully saturated rings. The van der Waals surface area contributed by atoms with Crippen LogP contribution >= 0.6 is 15.9 Å². The molecule has 0 amide bonds. The lowest BCUT2D eigenvalue weighted by Gasteiger charge is -2.04. The molecule has 4 nitrogen and oxygen atoms in total. The Hall–Kier alpha value is -1.33. The number of anilines is 1. The van der Waals surface area contributed by atoms with Gasteiger partial charge in [-0.25, -0.2) is 0 Å². The Labute approximate surface area is 108 Å². The second-order valence-corrected chi connectivity index (χ2v) is 4.56. The fraction of sp³-hybridized carbons (Fsp3) is 0.250. The van der Waals surface area contributed by atoms with Crippen LogP contribution in [-0.4, -0.2) is 18.2 Å². The van der Waals surface area contributed by atoms with E-state index in [1.54, 1.807) is 6.20 Å². The molecule has 0 aliphatic heterocycles. The molecule has 0 aliphatic rings. The lowest BCUT2D eigenvalue weighted by atomic mass is 10.1. The molecule has 17 heavy (non-hydrogen) atoms. The fourth-order valence-corrected chi connectivity index (χ4v) is 1.93. The maximum Gasteiger partial charge on any atom is 0.189 e. The van der Waals surface area contributed by atoms with Crippen LogP contribution in [0.1, 0.15) is 6.42 Å². The van der Waals surface area contributed by atoms with Gasteiger partial charge in [-0.15, -0.1) is 0 Å². The normalized spacial score (nSPS) is 10.5. The summed E-state index contributed by atoms with van der Waals surface area (Å²) >= 11 is 3.44. The van der Waals surface area contributed by atoms with Crippen molar-refractivity contribution in [3.63, 3.8) is 0 Å². The molecule has 0 radical (unpaired) electrons. The third-order valence-corrected chi connectivity index (χ3v) is 2.85. The van der Waals surface area contributed by atoms with Gasteiger partial charge in [0.2, 0.25) is 0 Å². The maximum absolute atomic E-state index is 5.45. The summed E-state index contributed by atoms with van der Waals surface area (Å²) in [6.07, 6.45) is 2.61. The standard InChI is InChI=1S/C12H14BrN3O/c13-10-4-1-3-9(7-10)12-11(8-16-17-12)15-6-2-5-14/h1,3-4,7-8,15H,2,5-6,14H2. The molecule has 0 spiro atoms. The summed E-state index contributed by atoms with van der Waals surface area (Å²) < 4.78 is 6.29. The highest BCUT2D eigenvalue weighted by Crippen LogP contribution is 2.29. The number of nitrogens with zero attached hydrogens (tertiary/aromatic N) is 1. The Bertz CT molecular complexity index is 484. The minimum Gasteiger partial charge on any atom is -0.381 e. The molecule has 1 heterocycles. The van der Waals surface area contributed by atoms with E-state index in [1.807, 2.05) is 24.3 Å². The first kappa shape index (κ1) is 12.1. The van der Waals surface area contributed by atoms with E-state index in [2.05, 4.69) is 26.4 Å². The van der Waals surface area contributed by atoms with Crippen LogP contribution in [0.2, 0.25) is 0 Å². The molecule has 90 valence electrons. The zero-order valence-corrected chi connectivity index (χ0v) is 10.9. The highest BCUT2D eigenvalue weighted by atomic mass is 79.9. The Kier molecular flexibility index (Phi) is 4.17. The minimum absolute atomic E-state index is 0.671. The van der Waals surface area contributed by atoms with Gasteiger partial charge >= 0.3 is 0 Å². The first-order valence-corrected chi connectivity index (χ1v) is 6.25. The topological polar surface area (TPSA) is 64.1 Å². The van der Waals surface area contributed by atoms with Crippen molar-refractivity contribution in [1.82, 2.24) is 5.16 Å². The minimum atomic E-state index is 0.671. The second-order valence-electron chi connectivity index (χ2n) is 3.65. The van der Waals surface area contributed by atoms with Gasteiger partial charge < -0.3 is 15.6 Å². The largest absolute Gasteiger partial charge is 0.381 e. The number of halogens is 1. The van der Waals surface area contributed by atoms with Gasteiger partial charge in [-0.1, -0.05) is 33.2 Å². The zero-order chi connectivity index (χ0) is 12.1. The predicted octanol–water partition coefficient (Wildman–Crippen LogP) is 2.86. The van der Waals surface area contributed by atoms with Crippen molar-refractivity contribution in [2.45, 2.75) is 6.42 Å². The zero-order valence-electron chi connectivity index (χ0n) is 9.32. The molecule has 3 N–H and O–H groups in total. The van der Waals surface area contributed by atoms with Gasteiger partial charge in [0.1, 0.15) is 5.69 Å². The van der Waals surface area contributed by atoms with Gasteiger partial charge in [0.15, 0.2) is 5.76 Å². The third-order valence-electron chi connectivity index (χ3n) is 2.35. The van der Waals surface area contributed by atoms with Crippen LogP contribution in [0.5, 0.6) is 0 Å². The van der Waals surface area contributed by atoms with Crippen molar-refractivity contribution in [3.05, 3.63) is 34.9 Å². The molecule has 1 aromatic heterocycles. The average molecular weight is 296 g/mol. The van der Waals surface area contributed by atoms with Crippen molar-refractivity contribution in [2.75, 3.05) is 18.4 Å². The molecule has 0 bridgehead atoms. The van der Waals surface area contributed by atoms with Gasteiger partial charge in [-0.2, -0.15) is 0 Å². The van der Waals surface area contributed by atoms with E-state index >= 15 is 0 Å². The van der Waals surface area contributed by atoms with Crippen LogP contribution in [0.3, 0.4) is 0 Å². The molecule has 5 heteroatoms. The molecular weight excluding hydrogens is 282 g/mol. The molecule has 0 unspecified atom stereocenters. The van der Waals surface area contributed by atoms with Crippen LogP contribution in [0.25, 0.3) is 11.3 Å². The SMILES string of the molecule is NCCCNc1cnoc1-c1cccc(Br)c1. The molecule has 0 saturated carbocycles. The van der Waals surface area contributed by atoms with Crippen LogP contribution in [0, 0.1) is 0 Å². The number of nitrogens with one attached hydrogen (secondary N) is 1. The molecule has 2 aromatic rings. The number of hydrogen-bond donors (Lipinski definition) is 2. The van der Waals surface area contributed by atoms with Gasteiger partial charge in [-0.05, 0) is 25.1 Å². The fourth-order valence-electron chi connectivity index (χ4n) is 1.53. The number of nitrogens with two attached hydrogens (primary N) is 1. The van der Waals surface area contributed by atoms with E-state index in [0.717, 1.165) is 34.4 Å².